The van der Waals surface area contributed by atoms with Gasteiger partial charge in [0.25, 0.3) is 0 Å². The molecule has 0 atom stereocenters. The third-order valence-electron chi connectivity index (χ3n) is 3.28. The summed E-state index contributed by atoms with van der Waals surface area (Å²) >= 11 is 12.4. The summed E-state index contributed by atoms with van der Waals surface area (Å²) in [7, 11) is 0. The van der Waals surface area contributed by atoms with E-state index in [1.807, 2.05) is 17.5 Å². The molecule has 1 aromatic heterocycles. The number of carbonyl (C=O) groups is 1. The van der Waals surface area contributed by atoms with Crippen LogP contribution in [-0.4, -0.2) is 17.3 Å². The van der Waals surface area contributed by atoms with Crippen LogP contribution in [-0.2, 0) is 0 Å². The summed E-state index contributed by atoms with van der Waals surface area (Å²) in [6.07, 6.45) is 1.61. The smallest absolute Gasteiger partial charge is 0.353 e. The van der Waals surface area contributed by atoms with E-state index in [0.717, 1.165) is 11.3 Å². The Morgan fingerprint density at radius 1 is 1.15 bits per heavy atom. The molecule has 0 unspecified atom stereocenters. The lowest BCUT2D eigenvalue weighted by atomic mass is 10.2. The lowest BCUT2D eigenvalue weighted by Gasteiger charge is -2.07. The van der Waals surface area contributed by atoms with E-state index in [1.54, 1.807) is 54.7 Å². The molecule has 0 amide bonds. The van der Waals surface area contributed by atoms with E-state index < -0.39 is 0 Å². The normalized spacial score (nSPS) is 10.6. The Morgan fingerprint density at radius 2 is 1.96 bits per heavy atom. The maximum atomic E-state index is 11.9. The zero-order valence-electron chi connectivity index (χ0n) is 13.9. The van der Waals surface area contributed by atoms with Gasteiger partial charge in [0.05, 0.1) is 6.21 Å². The van der Waals surface area contributed by atoms with Gasteiger partial charge in [-0.15, -0.1) is 11.3 Å². The Morgan fingerprint density at radius 3 is 2.67 bits per heavy atom. The van der Waals surface area contributed by atoms with Crippen LogP contribution < -0.4 is 15.5 Å². The number of ether oxygens (including phenoxy) is 1. The van der Waals surface area contributed by atoms with Crippen molar-refractivity contribution in [3.05, 3.63) is 81.5 Å². The van der Waals surface area contributed by atoms with Crippen LogP contribution >= 0.6 is 35.2 Å². The summed E-state index contributed by atoms with van der Waals surface area (Å²) in [5, 5.41) is 9.84. The Balaban J connectivity index is 1.50. The predicted octanol–water partition coefficient (Wildman–Crippen LogP) is 4.94. The number of hydrogen-bond donors (Lipinski definition) is 2. The highest BCUT2D eigenvalue weighted by Crippen LogP contribution is 2.16. The molecule has 136 valence electrons. The van der Waals surface area contributed by atoms with E-state index in [2.05, 4.69) is 15.8 Å². The average Bonchev–Trinajstić information content (AvgIpc) is 3.18. The number of carbonyl (C=O) groups excluding carboxylic acids is 1. The number of hydrazone groups is 1. The van der Waals surface area contributed by atoms with E-state index in [-0.39, 0.29) is 5.97 Å². The van der Waals surface area contributed by atoms with Crippen LogP contribution in [0.25, 0.3) is 0 Å². The van der Waals surface area contributed by atoms with Gasteiger partial charge < -0.3 is 10.1 Å². The SMILES string of the molecule is O=C(Oc1ccc(/C=N\NC(=S)Nc2cccc(Cl)c2)cc1)c1cccs1. The van der Waals surface area contributed by atoms with Crippen molar-refractivity contribution in [2.45, 2.75) is 0 Å². The molecule has 0 bridgehead atoms. The predicted molar refractivity (Wildman–Crippen MR) is 114 cm³/mol. The summed E-state index contributed by atoms with van der Waals surface area (Å²) in [6.45, 7) is 0. The molecule has 0 aliphatic carbocycles. The molecular weight excluding hydrogens is 402 g/mol. The van der Waals surface area contributed by atoms with Crippen molar-refractivity contribution < 1.29 is 9.53 Å². The van der Waals surface area contributed by atoms with Gasteiger partial charge in [-0.3, -0.25) is 5.43 Å². The first-order valence-electron chi connectivity index (χ1n) is 7.81. The summed E-state index contributed by atoms with van der Waals surface area (Å²) in [4.78, 5) is 12.5. The molecule has 1 heterocycles. The van der Waals surface area contributed by atoms with E-state index in [0.29, 0.717) is 20.8 Å². The molecular formula is C19H14ClN3O2S2. The standard InChI is InChI=1S/C19H14ClN3O2S2/c20-14-3-1-4-15(11-14)22-19(26)23-21-12-13-6-8-16(9-7-13)25-18(24)17-5-2-10-27-17/h1-12H,(H2,22,23,26)/b21-12-. The van der Waals surface area contributed by atoms with Crippen molar-refractivity contribution in [2.24, 2.45) is 5.10 Å². The lowest BCUT2D eigenvalue weighted by molar-refractivity contribution is 0.0740. The van der Waals surface area contributed by atoms with Gasteiger partial charge in [-0.05, 0) is 71.7 Å². The van der Waals surface area contributed by atoms with Crippen molar-refractivity contribution in [3.8, 4) is 5.75 Å². The van der Waals surface area contributed by atoms with Gasteiger partial charge in [0.15, 0.2) is 5.11 Å². The van der Waals surface area contributed by atoms with Crippen molar-refractivity contribution >= 4 is 58.1 Å². The molecule has 27 heavy (non-hydrogen) atoms. The highest BCUT2D eigenvalue weighted by molar-refractivity contribution is 7.80. The fourth-order valence-electron chi connectivity index (χ4n) is 2.06. The Hall–Kier alpha value is -2.74. The van der Waals surface area contributed by atoms with E-state index in [9.17, 15) is 4.79 Å². The molecule has 0 fully saturated rings. The number of halogens is 1. The number of nitrogens with one attached hydrogen (secondary N) is 2. The van der Waals surface area contributed by atoms with Gasteiger partial charge in [-0.2, -0.15) is 5.10 Å². The van der Waals surface area contributed by atoms with Crippen LogP contribution in [0.5, 0.6) is 5.75 Å². The molecule has 0 aliphatic heterocycles. The van der Waals surface area contributed by atoms with Crippen molar-refractivity contribution in [1.29, 1.82) is 0 Å². The third kappa shape index (κ3) is 5.89. The number of anilines is 1. The second-order valence-corrected chi connectivity index (χ2v) is 7.06. The number of esters is 1. The van der Waals surface area contributed by atoms with Gasteiger partial charge in [0, 0.05) is 10.7 Å². The summed E-state index contributed by atoms with van der Waals surface area (Å²) in [5.74, 6) is 0.0992. The fraction of sp³-hybridized carbons (Fsp3) is 0. The Bertz CT molecular complexity index is 957. The van der Waals surface area contributed by atoms with Crippen LogP contribution in [0.2, 0.25) is 5.02 Å². The van der Waals surface area contributed by atoms with E-state index in [4.69, 9.17) is 28.6 Å². The third-order valence-corrected chi connectivity index (χ3v) is 4.55. The van der Waals surface area contributed by atoms with Gasteiger partial charge in [-0.1, -0.05) is 23.7 Å². The monoisotopic (exact) mass is 415 g/mol. The minimum atomic E-state index is -0.370. The summed E-state index contributed by atoms with van der Waals surface area (Å²) in [5.41, 5.74) is 4.32. The topological polar surface area (TPSA) is 62.7 Å². The first kappa shape index (κ1) is 19.0. The molecule has 0 saturated heterocycles. The van der Waals surface area contributed by atoms with Gasteiger partial charge in [0.1, 0.15) is 10.6 Å². The molecule has 0 saturated carbocycles. The maximum absolute atomic E-state index is 11.9. The number of thiocarbonyl (C=S) groups is 1. The minimum absolute atomic E-state index is 0.343. The molecule has 5 nitrogen and oxygen atoms in total. The highest BCUT2D eigenvalue weighted by Gasteiger charge is 2.08. The van der Waals surface area contributed by atoms with Crippen LogP contribution in [0.15, 0.2) is 71.1 Å². The Labute approximate surface area is 170 Å². The molecule has 3 rings (SSSR count). The zero-order valence-corrected chi connectivity index (χ0v) is 16.3. The zero-order chi connectivity index (χ0) is 19.1. The van der Waals surface area contributed by atoms with Crippen molar-refractivity contribution in [3.63, 3.8) is 0 Å². The molecule has 0 radical (unpaired) electrons. The summed E-state index contributed by atoms with van der Waals surface area (Å²) < 4.78 is 5.30. The first-order valence-corrected chi connectivity index (χ1v) is 9.48. The maximum Gasteiger partial charge on any atom is 0.353 e. The van der Waals surface area contributed by atoms with Crippen molar-refractivity contribution in [2.75, 3.05) is 5.32 Å². The molecule has 0 spiro atoms. The second-order valence-electron chi connectivity index (χ2n) is 5.27. The molecule has 2 aromatic carbocycles. The molecule has 3 aromatic rings. The van der Waals surface area contributed by atoms with Crippen LogP contribution in [0.3, 0.4) is 0 Å². The van der Waals surface area contributed by atoms with Gasteiger partial charge >= 0.3 is 5.97 Å². The van der Waals surface area contributed by atoms with Gasteiger partial charge in [-0.25, -0.2) is 4.79 Å². The molecule has 8 heteroatoms. The van der Waals surface area contributed by atoms with E-state index >= 15 is 0 Å². The Kier molecular flexibility index (Phi) is 6.54. The highest BCUT2D eigenvalue weighted by atomic mass is 35.5. The fourth-order valence-corrected chi connectivity index (χ4v) is 3.02. The van der Waals surface area contributed by atoms with Crippen LogP contribution in [0.1, 0.15) is 15.2 Å². The molecule has 2 N–H and O–H groups in total. The quantitative estimate of drug-likeness (QED) is 0.203. The number of hydrogen-bond acceptors (Lipinski definition) is 5. The van der Waals surface area contributed by atoms with E-state index in [1.165, 1.54) is 11.3 Å². The van der Waals surface area contributed by atoms with Crippen LogP contribution in [0.4, 0.5) is 5.69 Å². The number of nitrogens with zero attached hydrogens (tertiary/aromatic N) is 1. The lowest BCUT2D eigenvalue weighted by Crippen LogP contribution is -2.23. The largest absolute Gasteiger partial charge is 0.422 e. The summed E-state index contributed by atoms with van der Waals surface area (Å²) in [6, 6.07) is 17.7. The number of benzene rings is 2. The van der Waals surface area contributed by atoms with Crippen LogP contribution in [0, 0.1) is 0 Å². The number of rotatable bonds is 5. The minimum Gasteiger partial charge on any atom is -0.422 e. The average molecular weight is 416 g/mol. The van der Waals surface area contributed by atoms with Gasteiger partial charge in [0.2, 0.25) is 0 Å². The second kappa shape index (κ2) is 9.27. The number of thiophene rings is 1. The first-order chi connectivity index (χ1) is 13.1. The molecule has 0 aliphatic rings. The van der Waals surface area contributed by atoms with Crippen molar-refractivity contribution in [1.82, 2.24) is 5.43 Å².